The number of nitrogens with zero attached hydrogens (tertiary/aromatic N) is 3. The van der Waals surface area contributed by atoms with Crippen molar-refractivity contribution in [1.29, 1.82) is 0 Å². The Bertz CT molecular complexity index is 1270. The number of hydrogen-bond donors (Lipinski definition) is 1. The lowest BCUT2D eigenvalue weighted by Crippen LogP contribution is -2.23. The van der Waals surface area contributed by atoms with Crippen molar-refractivity contribution in [2.75, 3.05) is 6.54 Å². The molecule has 3 aromatic rings. The van der Waals surface area contributed by atoms with Gasteiger partial charge in [-0.3, -0.25) is 4.79 Å². The summed E-state index contributed by atoms with van der Waals surface area (Å²) in [6, 6.07) is 12.2. The summed E-state index contributed by atoms with van der Waals surface area (Å²) in [5.74, 6) is 0.271. The summed E-state index contributed by atoms with van der Waals surface area (Å²) in [6.45, 7) is 2.74. The minimum Gasteiger partial charge on any atom is -0.435 e. The van der Waals surface area contributed by atoms with E-state index in [0.29, 0.717) is 35.6 Å². The zero-order valence-corrected chi connectivity index (χ0v) is 19.1. The maximum Gasteiger partial charge on any atom is 0.387 e. The fourth-order valence-corrected chi connectivity index (χ4v) is 5.09. The van der Waals surface area contributed by atoms with E-state index in [0.717, 1.165) is 16.7 Å². The van der Waals surface area contributed by atoms with Crippen molar-refractivity contribution in [3.8, 4) is 16.9 Å². The largest absolute Gasteiger partial charge is 0.435 e. The number of benzene rings is 2. The average molecular weight is 466 g/mol. The molecule has 8 heteroatoms. The van der Waals surface area contributed by atoms with Crippen LogP contribution >= 0.6 is 0 Å². The highest BCUT2D eigenvalue weighted by Crippen LogP contribution is 2.52. The van der Waals surface area contributed by atoms with Gasteiger partial charge < -0.3 is 14.7 Å². The highest BCUT2D eigenvalue weighted by atomic mass is 19.3. The lowest BCUT2D eigenvalue weighted by molar-refractivity contribution is -0.0507. The summed E-state index contributed by atoms with van der Waals surface area (Å²) in [7, 11) is 0. The number of carbonyl (C=O) groups is 1. The van der Waals surface area contributed by atoms with Gasteiger partial charge in [0.1, 0.15) is 11.4 Å². The smallest absolute Gasteiger partial charge is 0.387 e. The molecule has 1 saturated heterocycles. The van der Waals surface area contributed by atoms with Crippen molar-refractivity contribution >= 4 is 5.91 Å². The molecule has 1 amide bonds. The minimum atomic E-state index is -2.92. The number of alkyl halides is 2. The molecule has 0 bridgehead atoms. The molecule has 1 N–H and O–H groups in total. The zero-order valence-electron chi connectivity index (χ0n) is 19.1. The number of rotatable bonds is 5. The van der Waals surface area contributed by atoms with E-state index in [9.17, 15) is 18.7 Å². The molecule has 176 valence electrons. The van der Waals surface area contributed by atoms with Gasteiger partial charge in [0.15, 0.2) is 5.82 Å². The second kappa shape index (κ2) is 8.13. The number of aromatic nitrogens is 2. The SMILES string of the molecule is Cc1nc(C(C)(C)O)ncc1-c1ccc2c(c1)C1[C@@H](c3ccccc3OC(F)F)CCN1C2=O. The predicted molar refractivity (Wildman–Crippen MR) is 122 cm³/mol. The molecule has 0 radical (unpaired) electrons. The van der Waals surface area contributed by atoms with Gasteiger partial charge >= 0.3 is 6.61 Å². The summed E-state index contributed by atoms with van der Waals surface area (Å²) in [4.78, 5) is 23.7. The highest BCUT2D eigenvalue weighted by molar-refractivity contribution is 6.00. The number of amides is 1. The van der Waals surface area contributed by atoms with Crippen LogP contribution < -0.4 is 4.74 Å². The lowest BCUT2D eigenvalue weighted by Gasteiger charge is -2.24. The molecule has 2 aliphatic rings. The van der Waals surface area contributed by atoms with Crippen LogP contribution in [-0.4, -0.2) is 39.0 Å². The number of aryl methyl sites for hydroxylation is 1. The number of halogens is 2. The Balaban J connectivity index is 1.56. The van der Waals surface area contributed by atoms with Crippen LogP contribution in [0.25, 0.3) is 11.1 Å². The van der Waals surface area contributed by atoms with Crippen LogP contribution in [0.15, 0.2) is 48.7 Å². The van der Waals surface area contributed by atoms with Crippen LogP contribution in [0.3, 0.4) is 0 Å². The first-order valence-electron chi connectivity index (χ1n) is 11.2. The molecule has 3 heterocycles. The maximum absolute atomic E-state index is 13.1. The van der Waals surface area contributed by atoms with Crippen LogP contribution in [0.4, 0.5) is 8.78 Å². The van der Waals surface area contributed by atoms with Crippen molar-refractivity contribution in [2.24, 2.45) is 0 Å². The molecule has 2 aliphatic heterocycles. The first-order chi connectivity index (χ1) is 16.1. The Kier molecular flexibility index (Phi) is 5.36. The number of hydrogen-bond acceptors (Lipinski definition) is 5. The van der Waals surface area contributed by atoms with Crippen molar-refractivity contribution in [1.82, 2.24) is 14.9 Å². The summed E-state index contributed by atoms with van der Waals surface area (Å²) in [5.41, 5.74) is 3.38. The van der Waals surface area contributed by atoms with Crippen molar-refractivity contribution in [2.45, 2.75) is 51.4 Å². The van der Waals surface area contributed by atoms with Crippen molar-refractivity contribution in [3.05, 3.63) is 76.9 Å². The van der Waals surface area contributed by atoms with E-state index in [1.54, 1.807) is 44.3 Å². The van der Waals surface area contributed by atoms with Crippen LogP contribution in [0.5, 0.6) is 5.75 Å². The van der Waals surface area contributed by atoms with E-state index in [1.165, 1.54) is 0 Å². The van der Waals surface area contributed by atoms with Gasteiger partial charge in [0.05, 0.1) is 6.04 Å². The molecule has 0 spiro atoms. The molecule has 2 aromatic carbocycles. The molecule has 34 heavy (non-hydrogen) atoms. The van der Waals surface area contributed by atoms with Gasteiger partial charge in [-0.05, 0) is 62.1 Å². The number of carbonyl (C=O) groups excluding carboxylic acids is 1. The molecule has 1 aromatic heterocycles. The molecule has 5 rings (SSSR count). The van der Waals surface area contributed by atoms with Gasteiger partial charge in [0, 0.05) is 35.5 Å². The third kappa shape index (κ3) is 3.72. The molecule has 1 unspecified atom stereocenters. The second-order valence-electron chi connectivity index (χ2n) is 9.31. The fourth-order valence-electron chi connectivity index (χ4n) is 5.09. The van der Waals surface area contributed by atoms with Crippen molar-refractivity contribution in [3.63, 3.8) is 0 Å². The lowest BCUT2D eigenvalue weighted by atomic mass is 9.86. The van der Waals surface area contributed by atoms with E-state index in [1.807, 2.05) is 30.0 Å². The Morgan fingerprint density at radius 1 is 1.15 bits per heavy atom. The fraction of sp³-hybridized carbons (Fsp3) is 0.346. The van der Waals surface area contributed by atoms with Crippen LogP contribution in [0, 0.1) is 6.92 Å². The third-order valence-electron chi connectivity index (χ3n) is 6.63. The maximum atomic E-state index is 13.1. The minimum absolute atomic E-state index is 0.0494. The summed E-state index contributed by atoms with van der Waals surface area (Å²) in [6.07, 6.45) is 2.34. The Morgan fingerprint density at radius 3 is 2.62 bits per heavy atom. The normalized spacial score (nSPS) is 19.5. The molecule has 0 saturated carbocycles. The number of ether oxygens (including phenoxy) is 1. The zero-order chi connectivity index (χ0) is 24.2. The Labute approximate surface area is 196 Å². The molecular formula is C26H25F2N3O3. The van der Waals surface area contributed by atoms with Crippen LogP contribution in [0.2, 0.25) is 0 Å². The second-order valence-corrected chi connectivity index (χ2v) is 9.31. The van der Waals surface area contributed by atoms with Gasteiger partial charge in [-0.25, -0.2) is 9.97 Å². The molecule has 2 atom stereocenters. The molecule has 6 nitrogen and oxygen atoms in total. The average Bonchev–Trinajstić information content (AvgIpc) is 3.33. The quantitative estimate of drug-likeness (QED) is 0.576. The first kappa shape index (κ1) is 22.4. The summed E-state index contributed by atoms with van der Waals surface area (Å²) in [5, 5.41) is 10.2. The number of para-hydroxylation sites is 1. The van der Waals surface area contributed by atoms with E-state index >= 15 is 0 Å². The van der Waals surface area contributed by atoms with E-state index < -0.39 is 12.2 Å². The standard InChI is InChI=1S/C26H25F2N3O3/c1-14-20(13-29-24(30-14)26(2,3)33)15-8-9-18-19(12-15)22-17(10-11-31(22)23(18)32)16-6-4-5-7-21(16)34-25(27)28/h4-9,12-13,17,22,25,33H,10-11H2,1-3H3/t17-,22?/m1/s1. The summed E-state index contributed by atoms with van der Waals surface area (Å²) >= 11 is 0. The summed E-state index contributed by atoms with van der Waals surface area (Å²) < 4.78 is 30.8. The van der Waals surface area contributed by atoms with E-state index in [2.05, 4.69) is 9.97 Å². The molecule has 1 fully saturated rings. The number of fused-ring (bicyclic) bond motifs is 3. The molecule has 0 aliphatic carbocycles. The van der Waals surface area contributed by atoms with Crippen LogP contribution in [-0.2, 0) is 5.60 Å². The van der Waals surface area contributed by atoms with Crippen molar-refractivity contribution < 1.29 is 23.4 Å². The van der Waals surface area contributed by atoms with Gasteiger partial charge in [-0.1, -0.05) is 24.3 Å². The first-order valence-corrected chi connectivity index (χ1v) is 11.2. The van der Waals surface area contributed by atoms with Crippen LogP contribution in [0.1, 0.15) is 65.2 Å². The third-order valence-corrected chi connectivity index (χ3v) is 6.63. The van der Waals surface area contributed by atoms with Gasteiger partial charge in [0.25, 0.3) is 5.91 Å². The Hall–Kier alpha value is -3.39. The molecular weight excluding hydrogens is 440 g/mol. The van der Waals surface area contributed by atoms with E-state index in [-0.39, 0.29) is 23.6 Å². The Morgan fingerprint density at radius 2 is 1.91 bits per heavy atom. The van der Waals surface area contributed by atoms with Gasteiger partial charge in [-0.15, -0.1) is 0 Å². The number of aliphatic hydroxyl groups is 1. The predicted octanol–water partition coefficient (Wildman–Crippen LogP) is 4.97. The van der Waals surface area contributed by atoms with Gasteiger partial charge in [-0.2, -0.15) is 8.78 Å². The van der Waals surface area contributed by atoms with E-state index in [4.69, 9.17) is 4.74 Å². The van der Waals surface area contributed by atoms with Gasteiger partial charge in [0.2, 0.25) is 0 Å². The monoisotopic (exact) mass is 465 g/mol. The topological polar surface area (TPSA) is 75.6 Å². The highest BCUT2D eigenvalue weighted by Gasteiger charge is 2.46.